The largest absolute Gasteiger partial charge is 0.478 e. The Morgan fingerprint density at radius 2 is 2.17 bits per heavy atom. The first-order valence-corrected chi connectivity index (χ1v) is 4.10. The van der Waals surface area contributed by atoms with Crippen LogP contribution in [0.5, 0.6) is 0 Å². The summed E-state index contributed by atoms with van der Waals surface area (Å²) in [7, 11) is 0. The fraction of sp³-hybridized carbons (Fsp3) is 0.250. The third-order valence-corrected chi connectivity index (χ3v) is 2.71. The summed E-state index contributed by atoms with van der Waals surface area (Å²) >= 11 is 1.23. The quantitative estimate of drug-likeness (QED) is 0.676. The van der Waals surface area contributed by atoms with Crippen molar-refractivity contribution in [2.45, 2.75) is 13.8 Å². The number of carboxylic acids is 1. The number of aromatic carboxylic acids is 1. The van der Waals surface area contributed by atoms with Crippen LogP contribution < -0.4 is 0 Å². The molecule has 1 aromatic rings. The normalized spacial score (nSPS) is 9.42. The third kappa shape index (κ3) is 1.19. The first-order chi connectivity index (χ1) is 5.57. The van der Waals surface area contributed by atoms with Crippen molar-refractivity contribution in [3.8, 4) is 0 Å². The Morgan fingerprint density at radius 3 is 2.42 bits per heavy atom. The average Bonchev–Trinajstić information content (AvgIpc) is 2.25. The highest BCUT2D eigenvalue weighted by Gasteiger charge is 2.16. The molecule has 1 heterocycles. The SMILES string of the molecule is [C-]#[N+]c1sc(C)c(C(=O)O)c1C. The second-order valence-electron chi connectivity index (χ2n) is 2.38. The molecule has 0 bridgehead atoms. The highest BCUT2D eigenvalue weighted by Crippen LogP contribution is 2.34. The lowest BCUT2D eigenvalue weighted by molar-refractivity contribution is 0.0696. The second kappa shape index (κ2) is 2.95. The van der Waals surface area contributed by atoms with Gasteiger partial charge in [0, 0.05) is 4.88 Å². The summed E-state index contributed by atoms with van der Waals surface area (Å²) in [5.41, 5.74) is 0.867. The minimum atomic E-state index is -0.948. The molecule has 0 aliphatic rings. The Kier molecular flexibility index (Phi) is 2.15. The first-order valence-electron chi connectivity index (χ1n) is 3.28. The summed E-state index contributed by atoms with van der Waals surface area (Å²) in [6.07, 6.45) is 0. The van der Waals surface area contributed by atoms with Gasteiger partial charge in [0.1, 0.15) is 0 Å². The average molecular weight is 181 g/mol. The molecule has 0 aromatic carbocycles. The van der Waals surface area contributed by atoms with Crippen molar-refractivity contribution in [2.24, 2.45) is 0 Å². The van der Waals surface area contributed by atoms with Gasteiger partial charge in [0.2, 0.25) is 5.00 Å². The zero-order valence-corrected chi connectivity index (χ0v) is 7.53. The van der Waals surface area contributed by atoms with Crippen LogP contribution in [0, 0.1) is 20.4 Å². The van der Waals surface area contributed by atoms with E-state index in [1.54, 1.807) is 13.8 Å². The molecule has 0 aliphatic heterocycles. The van der Waals surface area contributed by atoms with Crippen molar-refractivity contribution in [2.75, 3.05) is 0 Å². The molecule has 1 rings (SSSR count). The number of carboxylic acid groups (broad SMARTS) is 1. The lowest BCUT2D eigenvalue weighted by Crippen LogP contribution is -1.97. The van der Waals surface area contributed by atoms with Gasteiger partial charge in [-0.2, -0.15) is 11.3 Å². The van der Waals surface area contributed by atoms with Crippen molar-refractivity contribution >= 4 is 22.3 Å². The number of hydrogen-bond donors (Lipinski definition) is 1. The molecular formula is C8H7NO2S. The number of rotatable bonds is 1. The molecule has 0 saturated heterocycles. The number of aryl methyl sites for hydroxylation is 1. The number of carbonyl (C=O) groups is 1. The fourth-order valence-corrected chi connectivity index (χ4v) is 1.99. The molecule has 0 fully saturated rings. The van der Waals surface area contributed by atoms with Crippen molar-refractivity contribution in [1.82, 2.24) is 0 Å². The van der Waals surface area contributed by atoms with Gasteiger partial charge in [-0.25, -0.2) is 9.64 Å². The van der Waals surface area contributed by atoms with E-state index >= 15 is 0 Å². The van der Waals surface area contributed by atoms with Gasteiger partial charge < -0.3 is 5.11 Å². The molecule has 4 heteroatoms. The van der Waals surface area contributed by atoms with E-state index in [1.165, 1.54) is 11.3 Å². The lowest BCUT2D eigenvalue weighted by Gasteiger charge is -1.92. The minimum Gasteiger partial charge on any atom is -0.478 e. The van der Waals surface area contributed by atoms with Crippen LogP contribution in [0.1, 0.15) is 20.8 Å². The zero-order valence-electron chi connectivity index (χ0n) is 6.71. The lowest BCUT2D eigenvalue weighted by atomic mass is 10.1. The maximum atomic E-state index is 10.7. The maximum Gasteiger partial charge on any atom is 0.335 e. The van der Waals surface area contributed by atoms with Gasteiger partial charge in [0.05, 0.1) is 12.1 Å². The van der Waals surface area contributed by atoms with Crippen molar-refractivity contribution in [3.63, 3.8) is 0 Å². The molecule has 12 heavy (non-hydrogen) atoms. The van der Waals surface area contributed by atoms with Crippen molar-refractivity contribution in [1.29, 1.82) is 0 Å². The highest BCUT2D eigenvalue weighted by atomic mass is 32.1. The van der Waals surface area contributed by atoms with E-state index in [0.29, 0.717) is 15.4 Å². The van der Waals surface area contributed by atoms with E-state index in [9.17, 15) is 4.79 Å². The molecule has 0 aliphatic carbocycles. The monoisotopic (exact) mass is 181 g/mol. The van der Waals surface area contributed by atoms with E-state index in [-0.39, 0.29) is 5.56 Å². The summed E-state index contributed by atoms with van der Waals surface area (Å²) < 4.78 is 0. The second-order valence-corrected chi connectivity index (χ2v) is 3.58. The summed E-state index contributed by atoms with van der Waals surface area (Å²) in [5, 5.41) is 9.24. The van der Waals surface area contributed by atoms with E-state index < -0.39 is 5.97 Å². The molecule has 0 spiro atoms. The maximum absolute atomic E-state index is 10.7. The topological polar surface area (TPSA) is 41.7 Å². The van der Waals surface area contributed by atoms with Gasteiger partial charge in [-0.05, 0) is 19.4 Å². The Hall–Kier alpha value is -1.34. The van der Waals surface area contributed by atoms with Crippen molar-refractivity contribution < 1.29 is 9.90 Å². The van der Waals surface area contributed by atoms with E-state index in [4.69, 9.17) is 11.7 Å². The fourth-order valence-electron chi connectivity index (χ4n) is 1.06. The standard InChI is InChI=1S/C8H7NO2S/c1-4-6(8(10)11)5(2)12-7(4)9-3/h1-2H3,(H,10,11). The van der Waals surface area contributed by atoms with Gasteiger partial charge in [-0.3, -0.25) is 0 Å². The van der Waals surface area contributed by atoms with Crippen LogP contribution in [-0.4, -0.2) is 11.1 Å². The van der Waals surface area contributed by atoms with Gasteiger partial charge in [-0.15, -0.1) is 0 Å². The molecular weight excluding hydrogens is 174 g/mol. The van der Waals surface area contributed by atoms with Crippen molar-refractivity contribution in [3.05, 3.63) is 27.4 Å². The van der Waals surface area contributed by atoms with Crippen LogP contribution in [0.4, 0.5) is 5.00 Å². The highest BCUT2D eigenvalue weighted by molar-refractivity contribution is 7.16. The summed E-state index contributed by atoms with van der Waals surface area (Å²) in [5.74, 6) is -0.948. The predicted octanol–water partition coefficient (Wildman–Crippen LogP) is 2.61. The molecule has 1 aromatic heterocycles. The smallest absolute Gasteiger partial charge is 0.335 e. The zero-order chi connectivity index (χ0) is 9.30. The molecule has 0 amide bonds. The molecule has 3 nitrogen and oxygen atoms in total. The van der Waals surface area contributed by atoms with Gasteiger partial charge in [0.25, 0.3) is 0 Å². The Morgan fingerprint density at radius 1 is 1.58 bits per heavy atom. The van der Waals surface area contributed by atoms with E-state index in [0.717, 1.165) is 0 Å². The summed E-state index contributed by atoms with van der Waals surface area (Å²) in [4.78, 5) is 14.6. The van der Waals surface area contributed by atoms with Gasteiger partial charge in [0.15, 0.2) is 0 Å². The van der Waals surface area contributed by atoms with Gasteiger partial charge >= 0.3 is 5.97 Å². The van der Waals surface area contributed by atoms with E-state index in [2.05, 4.69) is 4.85 Å². The molecule has 0 radical (unpaired) electrons. The van der Waals surface area contributed by atoms with Crippen LogP contribution >= 0.6 is 11.3 Å². The number of nitrogens with zero attached hydrogens (tertiary/aromatic N) is 1. The Bertz CT molecular complexity index is 373. The summed E-state index contributed by atoms with van der Waals surface area (Å²) in [6, 6.07) is 0. The molecule has 62 valence electrons. The molecule has 1 N–H and O–H groups in total. The number of hydrogen-bond acceptors (Lipinski definition) is 2. The van der Waals surface area contributed by atoms with Gasteiger partial charge in [-0.1, -0.05) is 0 Å². The molecule has 0 unspecified atom stereocenters. The summed E-state index contributed by atoms with van der Waals surface area (Å²) in [6.45, 7) is 10.2. The number of thiophene rings is 1. The minimum absolute atomic E-state index is 0.283. The van der Waals surface area contributed by atoms with Crippen LogP contribution in [-0.2, 0) is 0 Å². The first kappa shape index (κ1) is 8.75. The predicted molar refractivity (Wildman–Crippen MR) is 47.0 cm³/mol. The third-order valence-electron chi connectivity index (χ3n) is 1.61. The van der Waals surface area contributed by atoms with E-state index in [1.807, 2.05) is 0 Å². The van der Waals surface area contributed by atoms with Crippen LogP contribution in [0.15, 0.2) is 0 Å². The van der Waals surface area contributed by atoms with Crippen LogP contribution in [0.2, 0.25) is 0 Å². The molecule has 0 atom stereocenters. The Balaban J connectivity index is 3.40. The van der Waals surface area contributed by atoms with Crippen LogP contribution in [0.3, 0.4) is 0 Å². The van der Waals surface area contributed by atoms with Crippen LogP contribution in [0.25, 0.3) is 4.85 Å². The Labute approximate surface area is 74.1 Å². The molecule has 0 saturated carbocycles.